The van der Waals surface area contributed by atoms with Crippen LogP contribution in [0.3, 0.4) is 0 Å². The van der Waals surface area contributed by atoms with Crippen molar-refractivity contribution in [2.24, 2.45) is 0 Å². The molecule has 33 heavy (non-hydrogen) atoms. The van der Waals surface area contributed by atoms with E-state index in [4.69, 9.17) is 21.3 Å². The first-order chi connectivity index (χ1) is 16.1. The molecule has 1 fully saturated rings. The molecule has 0 radical (unpaired) electrons. The van der Waals surface area contributed by atoms with Gasteiger partial charge in [-0.05, 0) is 48.9 Å². The summed E-state index contributed by atoms with van der Waals surface area (Å²) in [6, 6.07) is 15.7. The smallest absolute Gasteiger partial charge is 0.312 e. The number of benzene rings is 2. The van der Waals surface area contributed by atoms with Gasteiger partial charge >= 0.3 is 11.8 Å². The van der Waals surface area contributed by atoms with Gasteiger partial charge in [0.15, 0.2) is 5.69 Å². The van der Waals surface area contributed by atoms with Crippen molar-refractivity contribution >= 4 is 17.5 Å². The minimum atomic E-state index is -0.505. The Balaban J connectivity index is 1.34. The maximum absolute atomic E-state index is 12.4. The molecule has 0 aliphatic carbocycles. The predicted octanol–water partition coefficient (Wildman–Crippen LogP) is 3.18. The average molecular weight is 444 g/mol. The molecule has 168 valence electrons. The Morgan fingerprint density at radius 2 is 1.58 bits per heavy atom. The number of carbonyl (C=O) groups is 2. The van der Waals surface area contributed by atoms with Gasteiger partial charge < -0.3 is 19.3 Å². The summed E-state index contributed by atoms with van der Waals surface area (Å²) in [5, 5.41) is 8.79. The van der Waals surface area contributed by atoms with Gasteiger partial charge in [0.25, 0.3) is 0 Å². The minimum Gasteiger partial charge on any atom is -0.494 e. The average Bonchev–Trinajstić information content (AvgIpc) is 2.86. The van der Waals surface area contributed by atoms with Crippen molar-refractivity contribution in [3.63, 3.8) is 0 Å². The molecule has 2 amide bonds. The molecule has 0 N–H and O–H groups in total. The van der Waals surface area contributed by atoms with E-state index in [9.17, 15) is 9.59 Å². The number of hydrogen-bond acceptors (Lipinski definition) is 5. The van der Waals surface area contributed by atoms with E-state index in [2.05, 4.69) is 4.85 Å². The summed E-state index contributed by atoms with van der Waals surface area (Å²) in [6.45, 7) is 9.45. The SMILES string of the molecule is [C-]#[N+]c1ccc(OCCCN2CCN(CC=CCOc3ccc(C#N)cc3)C(=O)C2=O)cc1. The van der Waals surface area contributed by atoms with Crippen LogP contribution < -0.4 is 9.47 Å². The molecule has 8 nitrogen and oxygen atoms in total. The number of piperazine rings is 1. The lowest BCUT2D eigenvalue weighted by molar-refractivity contribution is -0.155. The maximum Gasteiger partial charge on any atom is 0.312 e. The summed E-state index contributed by atoms with van der Waals surface area (Å²) < 4.78 is 11.2. The molecule has 0 bridgehead atoms. The van der Waals surface area contributed by atoms with Crippen molar-refractivity contribution in [2.75, 3.05) is 39.4 Å². The summed E-state index contributed by atoms with van der Waals surface area (Å²) in [4.78, 5) is 31.2. The third kappa shape index (κ3) is 6.84. The molecule has 0 spiro atoms. The Morgan fingerprint density at radius 1 is 0.939 bits per heavy atom. The van der Waals surface area contributed by atoms with Gasteiger partial charge in [0.1, 0.15) is 18.1 Å². The Labute approximate surface area is 193 Å². The monoisotopic (exact) mass is 444 g/mol. The number of nitriles is 1. The molecule has 2 aromatic carbocycles. The molecule has 1 saturated heterocycles. The summed E-state index contributed by atoms with van der Waals surface area (Å²) in [6.07, 6.45) is 4.21. The van der Waals surface area contributed by atoms with Crippen molar-refractivity contribution < 1.29 is 19.1 Å². The first-order valence-electron chi connectivity index (χ1n) is 10.6. The topological polar surface area (TPSA) is 87.2 Å². The Kier molecular flexibility index (Phi) is 8.44. The largest absolute Gasteiger partial charge is 0.494 e. The van der Waals surface area contributed by atoms with Crippen LogP contribution in [0.15, 0.2) is 60.7 Å². The molecule has 1 aliphatic rings. The lowest BCUT2D eigenvalue weighted by Crippen LogP contribution is -2.54. The Morgan fingerprint density at radius 3 is 2.27 bits per heavy atom. The van der Waals surface area contributed by atoms with Crippen LogP contribution in [0, 0.1) is 17.9 Å². The molecule has 2 aromatic rings. The predicted molar refractivity (Wildman–Crippen MR) is 122 cm³/mol. The van der Waals surface area contributed by atoms with Gasteiger partial charge in [0, 0.05) is 26.2 Å². The van der Waals surface area contributed by atoms with E-state index in [1.165, 1.54) is 4.90 Å². The number of carbonyl (C=O) groups excluding carboxylic acids is 2. The summed E-state index contributed by atoms with van der Waals surface area (Å²) >= 11 is 0. The van der Waals surface area contributed by atoms with Crippen molar-refractivity contribution in [2.45, 2.75) is 6.42 Å². The molecule has 8 heteroatoms. The normalized spacial score (nSPS) is 13.6. The molecule has 0 atom stereocenters. The summed E-state index contributed by atoms with van der Waals surface area (Å²) in [7, 11) is 0. The highest BCUT2D eigenvalue weighted by molar-refractivity contribution is 6.35. The second-order valence-electron chi connectivity index (χ2n) is 7.27. The fourth-order valence-corrected chi connectivity index (χ4v) is 3.20. The van der Waals surface area contributed by atoms with E-state index in [1.807, 2.05) is 6.07 Å². The summed E-state index contributed by atoms with van der Waals surface area (Å²) in [5.74, 6) is 0.326. The molecular formula is C25H24N4O4. The van der Waals surface area contributed by atoms with Crippen LogP contribution in [0.2, 0.25) is 0 Å². The third-order valence-corrected chi connectivity index (χ3v) is 5.03. The molecule has 0 saturated carbocycles. The highest BCUT2D eigenvalue weighted by Gasteiger charge is 2.31. The number of nitrogens with zero attached hydrogens (tertiary/aromatic N) is 4. The first-order valence-corrected chi connectivity index (χ1v) is 10.6. The standard InChI is InChI=1S/C25H24N4O4/c1-27-21-7-11-23(12-8-21)33-18-4-14-29-16-15-28(24(30)25(29)31)13-2-3-17-32-22-9-5-20(19-26)6-10-22/h2-3,5-12H,4,13-18H2. The van der Waals surface area contributed by atoms with Crippen LogP contribution in [0.5, 0.6) is 11.5 Å². The van der Waals surface area contributed by atoms with Crippen LogP contribution in [-0.2, 0) is 9.59 Å². The number of hydrogen-bond donors (Lipinski definition) is 0. The number of amides is 2. The molecule has 1 aliphatic heterocycles. The van der Waals surface area contributed by atoms with Gasteiger partial charge in [-0.2, -0.15) is 5.26 Å². The Bertz CT molecular complexity index is 1070. The molecule has 0 aromatic heterocycles. The van der Waals surface area contributed by atoms with Crippen molar-refractivity contribution in [3.8, 4) is 17.6 Å². The van der Waals surface area contributed by atoms with Crippen molar-refractivity contribution in [1.29, 1.82) is 5.26 Å². The van der Waals surface area contributed by atoms with Crippen LogP contribution in [0.25, 0.3) is 4.85 Å². The van der Waals surface area contributed by atoms with Crippen LogP contribution in [0.1, 0.15) is 12.0 Å². The van der Waals surface area contributed by atoms with E-state index in [-0.39, 0.29) is 0 Å². The zero-order chi connectivity index (χ0) is 23.5. The highest BCUT2D eigenvalue weighted by atomic mass is 16.5. The van der Waals surface area contributed by atoms with E-state index in [1.54, 1.807) is 65.6 Å². The quantitative estimate of drug-likeness (QED) is 0.243. The molecule has 3 rings (SSSR count). The van der Waals surface area contributed by atoms with Gasteiger partial charge in [-0.15, -0.1) is 0 Å². The first kappa shape index (κ1) is 23.4. The molecule has 0 unspecified atom stereocenters. The maximum atomic E-state index is 12.4. The van der Waals surface area contributed by atoms with Gasteiger partial charge in [-0.25, -0.2) is 4.85 Å². The highest BCUT2D eigenvalue weighted by Crippen LogP contribution is 2.18. The fraction of sp³-hybridized carbons (Fsp3) is 0.280. The van der Waals surface area contributed by atoms with Gasteiger partial charge in [0.2, 0.25) is 0 Å². The molecule has 1 heterocycles. The fourth-order valence-electron chi connectivity index (χ4n) is 3.20. The summed E-state index contributed by atoms with van der Waals surface area (Å²) in [5.41, 5.74) is 1.12. The van der Waals surface area contributed by atoms with Crippen molar-refractivity contribution in [3.05, 3.63) is 77.7 Å². The van der Waals surface area contributed by atoms with E-state index in [0.29, 0.717) is 68.6 Å². The second kappa shape index (κ2) is 11.9. The van der Waals surface area contributed by atoms with Crippen LogP contribution in [-0.4, -0.2) is 61.0 Å². The molecular weight excluding hydrogens is 420 g/mol. The lowest BCUT2D eigenvalue weighted by atomic mass is 10.2. The van der Waals surface area contributed by atoms with E-state index >= 15 is 0 Å². The van der Waals surface area contributed by atoms with Gasteiger partial charge in [-0.3, -0.25) is 9.59 Å². The van der Waals surface area contributed by atoms with Crippen LogP contribution in [0.4, 0.5) is 5.69 Å². The zero-order valence-electron chi connectivity index (χ0n) is 18.1. The number of ether oxygens (including phenoxy) is 2. The Hall–Kier alpha value is -4.30. The van der Waals surface area contributed by atoms with E-state index < -0.39 is 11.8 Å². The zero-order valence-corrected chi connectivity index (χ0v) is 18.1. The van der Waals surface area contributed by atoms with Crippen LogP contribution >= 0.6 is 0 Å². The number of rotatable bonds is 10. The van der Waals surface area contributed by atoms with Gasteiger partial charge in [-0.1, -0.05) is 18.2 Å². The van der Waals surface area contributed by atoms with E-state index in [0.717, 1.165) is 0 Å². The van der Waals surface area contributed by atoms with Gasteiger partial charge in [0.05, 0.1) is 24.8 Å². The minimum absolute atomic E-state index is 0.328. The second-order valence-corrected chi connectivity index (χ2v) is 7.27. The third-order valence-electron chi connectivity index (χ3n) is 5.03. The lowest BCUT2D eigenvalue weighted by Gasteiger charge is -2.33. The van der Waals surface area contributed by atoms with Crippen molar-refractivity contribution in [1.82, 2.24) is 9.80 Å².